The molecule has 0 bridgehead atoms. The lowest BCUT2D eigenvalue weighted by Gasteiger charge is -2.10. The number of nitrogens with zero attached hydrogens (tertiary/aromatic N) is 6. The van der Waals surface area contributed by atoms with Gasteiger partial charge in [-0.3, -0.25) is 9.78 Å². The van der Waals surface area contributed by atoms with Crippen LogP contribution in [0.1, 0.15) is 15.9 Å². The Morgan fingerprint density at radius 1 is 1.28 bits per heavy atom. The molecule has 1 amide bonds. The zero-order valence-electron chi connectivity index (χ0n) is 15.5. The van der Waals surface area contributed by atoms with Gasteiger partial charge in [-0.25, -0.2) is 18.6 Å². The maximum atomic E-state index is 13.4. The normalized spacial score (nSPS) is 11.1. The van der Waals surface area contributed by atoms with Gasteiger partial charge in [0.05, 0.1) is 36.2 Å². The highest BCUT2D eigenvalue weighted by molar-refractivity contribution is 6.12. The van der Waals surface area contributed by atoms with Crippen molar-refractivity contribution in [1.82, 2.24) is 34.7 Å². The lowest BCUT2D eigenvalue weighted by atomic mass is 10.2. The summed E-state index contributed by atoms with van der Waals surface area (Å²) >= 11 is 0. The molecule has 4 aromatic rings. The van der Waals surface area contributed by atoms with Crippen molar-refractivity contribution in [1.29, 1.82) is 0 Å². The van der Waals surface area contributed by atoms with E-state index in [1.165, 1.54) is 6.20 Å². The fraction of sp³-hybridized carbons (Fsp3) is 0.167. The van der Waals surface area contributed by atoms with E-state index in [1.54, 1.807) is 23.1 Å². The summed E-state index contributed by atoms with van der Waals surface area (Å²) in [5, 5.41) is 14.2. The van der Waals surface area contributed by atoms with Crippen molar-refractivity contribution in [2.45, 2.75) is 6.42 Å². The molecule has 4 rings (SSSR count). The second kappa shape index (κ2) is 7.64. The predicted molar refractivity (Wildman–Crippen MR) is 104 cm³/mol. The van der Waals surface area contributed by atoms with Crippen LogP contribution in [-0.4, -0.2) is 48.9 Å². The number of nitrogens with one attached hydrogen (secondary N) is 2. The number of hydrogen-bond acceptors (Lipinski definition) is 7. The van der Waals surface area contributed by atoms with Gasteiger partial charge < -0.3 is 16.4 Å². The molecule has 11 heteroatoms. The van der Waals surface area contributed by atoms with Crippen LogP contribution in [0.2, 0.25) is 0 Å². The number of aromatic nitrogens is 6. The van der Waals surface area contributed by atoms with Crippen molar-refractivity contribution in [3.8, 4) is 5.69 Å². The molecule has 0 saturated carbocycles. The van der Waals surface area contributed by atoms with Gasteiger partial charge in [0.1, 0.15) is 5.56 Å². The minimum atomic E-state index is -0.589. The molecule has 4 aromatic heterocycles. The molecule has 29 heavy (non-hydrogen) atoms. The number of nitrogens with two attached hydrogens (primary N) is 1. The largest absolute Gasteiger partial charge is 0.381 e. The molecule has 0 unspecified atom stereocenters. The highest BCUT2D eigenvalue weighted by Gasteiger charge is 2.21. The molecular weight excluding hydrogens is 377 g/mol. The van der Waals surface area contributed by atoms with Gasteiger partial charge >= 0.3 is 0 Å². The summed E-state index contributed by atoms with van der Waals surface area (Å²) in [7, 11) is 1.89. The summed E-state index contributed by atoms with van der Waals surface area (Å²) in [6.45, 7) is 0.827. The van der Waals surface area contributed by atoms with Crippen LogP contribution in [0.15, 0.2) is 43.2 Å². The van der Waals surface area contributed by atoms with E-state index < -0.39 is 11.7 Å². The number of carbonyl (C=O) groups excluding carboxylic acids is 1. The summed E-state index contributed by atoms with van der Waals surface area (Å²) in [5.74, 6) is -1.18. The Kier molecular flexibility index (Phi) is 4.87. The topological polar surface area (TPSA) is 128 Å². The molecular formula is C18H18FN9O. The highest BCUT2D eigenvalue weighted by atomic mass is 19.1. The number of amides is 1. The minimum absolute atomic E-state index is 0.0509. The van der Waals surface area contributed by atoms with Crippen molar-refractivity contribution >= 4 is 23.1 Å². The Morgan fingerprint density at radius 2 is 2.14 bits per heavy atom. The van der Waals surface area contributed by atoms with E-state index in [4.69, 9.17) is 5.73 Å². The second-order valence-corrected chi connectivity index (χ2v) is 6.29. The van der Waals surface area contributed by atoms with Crippen LogP contribution in [-0.2, 0) is 6.42 Å². The maximum Gasteiger partial charge on any atom is 0.263 e. The average Bonchev–Trinajstić information content (AvgIpc) is 3.30. The van der Waals surface area contributed by atoms with Crippen LogP contribution in [0, 0.1) is 5.82 Å². The number of rotatable bonds is 6. The van der Waals surface area contributed by atoms with Gasteiger partial charge in [0.25, 0.3) is 5.91 Å². The van der Waals surface area contributed by atoms with Crippen molar-refractivity contribution in [3.05, 3.63) is 60.2 Å². The quantitative estimate of drug-likeness (QED) is 0.445. The van der Waals surface area contributed by atoms with Crippen molar-refractivity contribution in [3.63, 3.8) is 0 Å². The van der Waals surface area contributed by atoms with E-state index in [-0.39, 0.29) is 17.0 Å². The van der Waals surface area contributed by atoms with Gasteiger partial charge in [-0.05, 0) is 31.6 Å². The highest BCUT2D eigenvalue weighted by Crippen LogP contribution is 2.22. The van der Waals surface area contributed by atoms with Crippen molar-refractivity contribution in [2.24, 2.45) is 0 Å². The Labute approximate surface area is 164 Å². The van der Waals surface area contributed by atoms with E-state index in [2.05, 4.69) is 30.8 Å². The summed E-state index contributed by atoms with van der Waals surface area (Å²) in [5.41, 5.74) is 8.18. The molecule has 0 aliphatic heterocycles. The van der Waals surface area contributed by atoms with Gasteiger partial charge in [-0.15, -0.1) is 5.10 Å². The zero-order chi connectivity index (χ0) is 20.4. The summed E-state index contributed by atoms with van der Waals surface area (Å²) in [4.78, 5) is 20.9. The van der Waals surface area contributed by atoms with Gasteiger partial charge in [0.15, 0.2) is 17.3 Å². The third kappa shape index (κ3) is 3.62. The molecule has 0 spiro atoms. The van der Waals surface area contributed by atoms with Crippen LogP contribution in [0.3, 0.4) is 0 Å². The fourth-order valence-corrected chi connectivity index (χ4v) is 2.91. The molecule has 0 aliphatic rings. The lowest BCUT2D eigenvalue weighted by Crippen LogP contribution is -2.16. The molecule has 4 heterocycles. The second-order valence-electron chi connectivity index (χ2n) is 6.29. The van der Waals surface area contributed by atoms with Gasteiger partial charge in [-0.1, -0.05) is 0 Å². The molecule has 0 radical (unpaired) electrons. The molecule has 0 aliphatic carbocycles. The van der Waals surface area contributed by atoms with Crippen LogP contribution >= 0.6 is 0 Å². The summed E-state index contributed by atoms with van der Waals surface area (Å²) in [6.07, 6.45) is 9.69. The first kappa shape index (κ1) is 18.5. The van der Waals surface area contributed by atoms with E-state index in [1.807, 2.05) is 13.2 Å². The lowest BCUT2D eigenvalue weighted by molar-refractivity contribution is 0.102. The first-order valence-electron chi connectivity index (χ1n) is 8.80. The smallest absolute Gasteiger partial charge is 0.263 e. The standard InChI is InChI=1S/C18H18FN9O/c1-21-4-2-11-6-24-27(9-11)14-3-5-22-8-13(14)25-18(29)15-16(20)26-28-10-12(19)7-23-17(15)28/h3,5-10,21H,2,4H2,1H3,(H2,20,26)(H,25,29). The van der Waals surface area contributed by atoms with Crippen molar-refractivity contribution < 1.29 is 9.18 Å². The molecule has 4 N–H and O–H groups in total. The Hall–Kier alpha value is -3.86. The fourth-order valence-electron chi connectivity index (χ4n) is 2.91. The first-order valence-corrected chi connectivity index (χ1v) is 8.80. The summed E-state index contributed by atoms with van der Waals surface area (Å²) in [6, 6.07) is 1.73. The number of pyridine rings is 1. The SMILES string of the molecule is CNCCc1cnn(-c2ccncc2NC(=O)c2c(N)nn3cc(F)cnc23)c1. The number of hydrogen-bond donors (Lipinski definition) is 3. The number of halogens is 1. The Balaban J connectivity index is 1.65. The number of anilines is 2. The van der Waals surface area contributed by atoms with Crippen molar-refractivity contribution in [2.75, 3.05) is 24.6 Å². The predicted octanol–water partition coefficient (Wildman–Crippen LogP) is 1.05. The van der Waals surface area contributed by atoms with E-state index in [0.717, 1.165) is 35.4 Å². The Bertz CT molecular complexity index is 1180. The molecule has 148 valence electrons. The summed E-state index contributed by atoms with van der Waals surface area (Å²) < 4.78 is 16.2. The Morgan fingerprint density at radius 3 is 2.97 bits per heavy atom. The van der Waals surface area contributed by atoms with Crippen LogP contribution < -0.4 is 16.4 Å². The minimum Gasteiger partial charge on any atom is -0.381 e. The zero-order valence-corrected chi connectivity index (χ0v) is 15.5. The number of fused-ring (bicyclic) bond motifs is 1. The van der Waals surface area contributed by atoms with E-state index in [9.17, 15) is 9.18 Å². The van der Waals surface area contributed by atoms with E-state index >= 15 is 0 Å². The molecule has 0 aromatic carbocycles. The molecule has 0 fully saturated rings. The maximum absolute atomic E-state index is 13.4. The monoisotopic (exact) mass is 395 g/mol. The third-order valence-corrected chi connectivity index (χ3v) is 4.29. The van der Waals surface area contributed by atoms with Gasteiger partial charge in [-0.2, -0.15) is 5.10 Å². The van der Waals surface area contributed by atoms with Crippen LogP contribution in [0.5, 0.6) is 0 Å². The van der Waals surface area contributed by atoms with Gasteiger partial charge in [0, 0.05) is 12.4 Å². The van der Waals surface area contributed by atoms with Gasteiger partial charge in [0.2, 0.25) is 0 Å². The third-order valence-electron chi connectivity index (χ3n) is 4.29. The average molecular weight is 395 g/mol. The number of likely N-dealkylation sites (N-methyl/N-ethyl adjacent to an activating group) is 1. The molecule has 0 atom stereocenters. The molecule has 0 saturated heterocycles. The van der Waals surface area contributed by atoms with E-state index in [0.29, 0.717) is 11.4 Å². The van der Waals surface area contributed by atoms with Crippen LogP contribution in [0.4, 0.5) is 15.9 Å². The van der Waals surface area contributed by atoms with Crippen LogP contribution in [0.25, 0.3) is 11.3 Å². The number of carbonyl (C=O) groups is 1. The number of nitrogen functional groups attached to an aromatic ring is 1. The first-order chi connectivity index (χ1) is 14.1. The molecule has 10 nitrogen and oxygen atoms in total.